The molecule has 3 nitrogen and oxygen atoms in total. The van der Waals surface area contributed by atoms with Gasteiger partial charge in [0.15, 0.2) is 5.78 Å². The Morgan fingerprint density at radius 2 is 2.00 bits per heavy atom. The maximum atomic E-state index is 11.4. The van der Waals surface area contributed by atoms with E-state index >= 15 is 0 Å². The van der Waals surface area contributed by atoms with E-state index in [2.05, 4.69) is 10.8 Å². The summed E-state index contributed by atoms with van der Waals surface area (Å²) in [5.74, 6) is -0.706. The number of carbonyl (C=O) groups is 2. The Bertz CT molecular complexity index is 317. The van der Waals surface area contributed by atoms with Crippen molar-refractivity contribution in [2.24, 2.45) is 0 Å². The van der Waals surface area contributed by atoms with Crippen LogP contribution in [0.25, 0.3) is 0 Å². The van der Waals surface area contributed by atoms with Crippen molar-refractivity contribution in [2.45, 2.75) is 13.3 Å². The predicted molar refractivity (Wildman–Crippen MR) is 50.9 cm³/mol. The highest BCUT2D eigenvalue weighted by Gasteiger charge is 2.11. The molecule has 73 valence electrons. The van der Waals surface area contributed by atoms with E-state index in [1.165, 1.54) is 0 Å². The third-order valence-electron chi connectivity index (χ3n) is 1.65. The van der Waals surface area contributed by atoms with Crippen molar-refractivity contribution in [3.8, 4) is 0 Å². The first-order valence-corrected chi connectivity index (χ1v) is 4.39. The van der Waals surface area contributed by atoms with Crippen LogP contribution in [0.15, 0.2) is 24.3 Å². The second-order valence-electron chi connectivity index (χ2n) is 2.69. The molecule has 0 unspecified atom stereocenters. The second kappa shape index (κ2) is 5.17. The summed E-state index contributed by atoms with van der Waals surface area (Å²) in [6.45, 7) is 2.01. The minimum Gasteiger partial charge on any atom is -0.466 e. The Morgan fingerprint density at radius 1 is 1.36 bits per heavy atom. The lowest BCUT2D eigenvalue weighted by Crippen LogP contribution is -2.11. The van der Waals surface area contributed by atoms with Gasteiger partial charge in [0.25, 0.3) is 0 Å². The third kappa shape index (κ3) is 3.01. The molecular formula is C11H11O3. The summed E-state index contributed by atoms with van der Waals surface area (Å²) < 4.78 is 4.67. The lowest BCUT2D eigenvalue weighted by molar-refractivity contribution is -0.141. The summed E-state index contributed by atoms with van der Waals surface area (Å²) in [6, 6.07) is 9.33. The maximum Gasteiger partial charge on any atom is 0.313 e. The average molecular weight is 191 g/mol. The summed E-state index contributed by atoms with van der Waals surface area (Å²) in [5.41, 5.74) is 0.511. The largest absolute Gasteiger partial charge is 0.466 e. The summed E-state index contributed by atoms with van der Waals surface area (Å²) in [4.78, 5) is 22.4. The van der Waals surface area contributed by atoms with Crippen LogP contribution in [-0.4, -0.2) is 18.4 Å². The fraction of sp³-hybridized carbons (Fsp3) is 0.273. The minimum atomic E-state index is -0.481. The molecule has 0 aromatic heterocycles. The maximum absolute atomic E-state index is 11.4. The topological polar surface area (TPSA) is 43.4 Å². The molecule has 1 rings (SSSR count). The van der Waals surface area contributed by atoms with Crippen LogP contribution in [0, 0.1) is 6.07 Å². The fourth-order valence-corrected chi connectivity index (χ4v) is 1.02. The van der Waals surface area contributed by atoms with Gasteiger partial charge in [0, 0.05) is 5.56 Å². The smallest absolute Gasteiger partial charge is 0.313 e. The number of rotatable bonds is 4. The number of hydrogen-bond donors (Lipinski definition) is 0. The molecule has 0 saturated carbocycles. The highest BCUT2D eigenvalue weighted by Crippen LogP contribution is 2.03. The molecule has 1 aromatic carbocycles. The minimum absolute atomic E-state index is 0.197. The second-order valence-corrected chi connectivity index (χ2v) is 2.69. The van der Waals surface area contributed by atoms with E-state index < -0.39 is 5.97 Å². The van der Waals surface area contributed by atoms with E-state index in [-0.39, 0.29) is 12.2 Å². The molecule has 1 aromatic rings. The molecule has 0 fully saturated rings. The van der Waals surface area contributed by atoms with Gasteiger partial charge >= 0.3 is 5.97 Å². The number of Topliss-reactive ketones (excluding diaryl/α,β-unsaturated/α-hetero) is 1. The van der Waals surface area contributed by atoms with E-state index in [4.69, 9.17) is 0 Å². The number of carbonyl (C=O) groups excluding carboxylic acids is 2. The van der Waals surface area contributed by atoms with Crippen LogP contribution in [0.5, 0.6) is 0 Å². The molecule has 3 heteroatoms. The van der Waals surface area contributed by atoms with Gasteiger partial charge in [-0.05, 0) is 13.0 Å². The third-order valence-corrected chi connectivity index (χ3v) is 1.65. The van der Waals surface area contributed by atoms with Gasteiger partial charge in [-0.2, -0.15) is 0 Å². The van der Waals surface area contributed by atoms with Crippen molar-refractivity contribution in [1.82, 2.24) is 0 Å². The Labute approximate surface area is 82.7 Å². The Morgan fingerprint density at radius 3 is 2.57 bits per heavy atom. The van der Waals surface area contributed by atoms with Crippen LogP contribution in [0.4, 0.5) is 0 Å². The first-order chi connectivity index (χ1) is 6.74. The number of ether oxygens (including phenoxy) is 1. The van der Waals surface area contributed by atoms with E-state index in [1.54, 1.807) is 31.2 Å². The molecule has 0 aliphatic heterocycles. The van der Waals surface area contributed by atoms with Gasteiger partial charge in [0.05, 0.1) is 6.61 Å². The number of esters is 1. The van der Waals surface area contributed by atoms with Crippen molar-refractivity contribution < 1.29 is 14.3 Å². The molecule has 0 N–H and O–H groups in total. The molecule has 0 saturated heterocycles. The standard InChI is InChI=1S/C11H11O3/c1-2-14-11(13)8-10(12)9-6-4-3-5-7-9/h4-7H,2,8H2,1H3. The monoisotopic (exact) mass is 191 g/mol. The number of benzene rings is 1. The average Bonchev–Trinajstić information content (AvgIpc) is 2.19. The van der Waals surface area contributed by atoms with Crippen LogP contribution >= 0.6 is 0 Å². The zero-order chi connectivity index (χ0) is 10.4. The van der Waals surface area contributed by atoms with Crippen molar-refractivity contribution >= 4 is 11.8 Å². The quantitative estimate of drug-likeness (QED) is 0.412. The molecule has 14 heavy (non-hydrogen) atoms. The molecule has 0 bridgehead atoms. The van der Waals surface area contributed by atoms with E-state index in [9.17, 15) is 9.59 Å². The van der Waals surface area contributed by atoms with Gasteiger partial charge in [0.2, 0.25) is 0 Å². The van der Waals surface area contributed by atoms with Gasteiger partial charge in [-0.15, -0.1) is 0 Å². The Hall–Kier alpha value is -1.64. The fourth-order valence-electron chi connectivity index (χ4n) is 1.02. The number of ketones is 1. The summed E-state index contributed by atoms with van der Waals surface area (Å²) in [7, 11) is 0. The van der Waals surface area contributed by atoms with Crippen LogP contribution in [0.1, 0.15) is 23.7 Å². The van der Waals surface area contributed by atoms with Gasteiger partial charge < -0.3 is 4.74 Å². The van der Waals surface area contributed by atoms with Gasteiger partial charge in [-0.1, -0.05) is 24.3 Å². The van der Waals surface area contributed by atoms with Crippen molar-refractivity contribution in [3.05, 3.63) is 35.9 Å². The normalized spacial score (nSPS) is 9.50. The molecule has 0 atom stereocenters. The first kappa shape index (κ1) is 10.4. The van der Waals surface area contributed by atoms with Crippen molar-refractivity contribution in [1.29, 1.82) is 0 Å². The van der Waals surface area contributed by atoms with Crippen LogP contribution < -0.4 is 0 Å². The zero-order valence-electron chi connectivity index (χ0n) is 7.95. The Balaban J connectivity index is 2.55. The summed E-state index contributed by atoms with van der Waals surface area (Å²) in [5, 5.41) is 0. The van der Waals surface area contributed by atoms with Gasteiger partial charge in [-0.25, -0.2) is 0 Å². The van der Waals surface area contributed by atoms with Gasteiger partial charge in [0.1, 0.15) is 6.42 Å². The number of hydrogen-bond acceptors (Lipinski definition) is 3. The Kier molecular flexibility index (Phi) is 3.85. The van der Waals surface area contributed by atoms with Crippen LogP contribution in [0.3, 0.4) is 0 Å². The SMILES string of the molecule is CCOC(=O)CC(=O)c1cc[c]cc1. The van der Waals surface area contributed by atoms with E-state index in [1.807, 2.05) is 0 Å². The molecule has 0 aliphatic rings. The molecule has 1 radical (unpaired) electrons. The van der Waals surface area contributed by atoms with Crippen molar-refractivity contribution in [2.75, 3.05) is 6.61 Å². The predicted octanol–water partition coefficient (Wildman–Crippen LogP) is 1.62. The molecule has 0 spiro atoms. The first-order valence-electron chi connectivity index (χ1n) is 4.39. The summed E-state index contributed by atoms with van der Waals surface area (Å²) >= 11 is 0. The lowest BCUT2D eigenvalue weighted by atomic mass is 10.1. The lowest BCUT2D eigenvalue weighted by Gasteiger charge is -2.00. The van der Waals surface area contributed by atoms with Crippen molar-refractivity contribution in [3.63, 3.8) is 0 Å². The highest BCUT2D eigenvalue weighted by molar-refractivity contribution is 6.05. The van der Waals surface area contributed by atoms with E-state index in [0.29, 0.717) is 12.2 Å². The molecule has 0 heterocycles. The van der Waals surface area contributed by atoms with Crippen LogP contribution in [-0.2, 0) is 9.53 Å². The van der Waals surface area contributed by atoms with Gasteiger partial charge in [-0.3, -0.25) is 9.59 Å². The molecule has 0 aliphatic carbocycles. The highest BCUT2D eigenvalue weighted by atomic mass is 16.5. The molecule has 0 amide bonds. The van der Waals surface area contributed by atoms with E-state index in [0.717, 1.165) is 0 Å². The molecular weight excluding hydrogens is 180 g/mol. The van der Waals surface area contributed by atoms with Crippen LogP contribution in [0.2, 0.25) is 0 Å². The zero-order valence-corrected chi connectivity index (χ0v) is 7.95. The summed E-state index contributed by atoms with van der Waals surface area (Å²) in [6.07, 6.45) is -0.197.